The third-order valence-electron chi connectivity index (χ3n) is 1.37. The van der Waals surface area contributed by atoms with E-state index in [-0.39, 0.29) is 5.91 Å². The van der Waals surface area contributed by atoms with Crippen molar-refractivity contribution in [2.24, 2.45) is 0 Å². The molecule has 0 aromatic carbocycles. The van der Waals surface area contributed by atoms with Gasteiger partial charge in [-0.05, 0) is 6.42 Å². The summed E-state index contributed by atoms with van der Waals surface area (Å²) < 4.78 is 0. The van der Waals surface area contributed by atoms with Crippen molar-refractivity contribution >= 4 is 5.91 Å². The number of carbonyl (C=O) groups is 1. The average Bonchev–Trinajstić information content (AvgIpc) is 1.98. The van der Waals surface area contributed by atoms with E-state index in [4.69, 9.17) is 4.84 Å². The topological polar surface area (TPSA) is 29.5 Å². The molecule has 60 valence electrons. The molecule has 0 aliphatic rings. The molecule has 0 radical (unpaired) electrons. The Morgan fingerprint density at radius 1 is 1.60 bits per heavy atom. The summed E-state index contributed by atoms with van der Waals surface area (Å²) in [6, 6.07) is 0. The first-order chi connectivity index (χ1) is 4.72. The number of amides is 1. The number of hydrogen-bond acceptors (Lipinski definition) is 2. The summed E-state index contributed by atoms with van der Waals surface area (Å²) in [4.78, 5) is 15.6. The molecule has 0 atom stereocenters. The first-order valence-corrected chi connectivity index (χ1v) is 3.53. The maximum absolute atomic E-state index is 10.9. The lowest BCUT2D eigenvalue weighted by atomic mass is 10.2. The average molecular weight is 145 g/mol. The molecule has 0 aliphatic heterocycles. The molecule has 0 bridgehead atoms. The van der Waals surface area contributed by atoms with Gasteiger partial charge in [-0.1, -0.05) is 13.3 Å². The Morgan fingerprint density at radius 2 is 2.20 bits per heavy atom. The zero-order chi connectivity index (χ0) is 7.98. The van der Waals surface area contributed by atoms with Crippen LogP contribution < -0.4 is 0 Å². The van der Waals surface area contributed by atoms with Crippen LogP contribution in [0.2, 0.25) is 0 Å². The molecule has 0 heterocycles. The highest BCUT2D eigenvalue weighted by molar-refractivity contribution is 5.74. The highest BCUT2D eigenvalue weighted by atomic mass is 16.7. The van der Waals surface area contributed by atoms with Crippen molar-refractivity contribution in [3.8, 4) is 0 Å². The van der Waals surface area contributed by atoms with Gasteiger partial charge < -0.3 is 0 Å². The van der Waals surface area contributed by atoms with E-state index in [2.05, 4.69) is 6.92 Å². The first kappa shape index (κ1) is 9.43. The van der Waals surface area contributed by atoms with Gasteiger partial charge in [-0.15, -0.1) is 0 Å². The molecule has 3 nitrogen and oxygen atoms in total. The van der Waals surface area contributed by atoms with Crippen molar-refractivity contribution < 1.29 is 9.63 Å². The molecule has 0 spiro atoms. The lowest BCUT2D eigenvalue weighted by Gasteiger charge is -2.12. The minimum atomic E-state index is 0.0457. The van der Waals surface area contributed by atoms with Crippen molar-refractivity contribution in [1.82, 2.24) is 5.06 Å². The summed E-state index contributed by atoms with van der Waals surface area (Å²) in [5.74, 6) is 0.0457. The molecule has 3 heteroatoms. The molecule has 0 unspecified atom stereocenters. The van der Waals surface area contributed by atoms with Crippen molar-refractivity contribution in [2.45, 2.75) is 26.2 Å². The minimum Gasteiger partial charge on any atom is -0.275 e. The fraction of sp³-hybridized carbons (Fsp3) is 0.857. The van der Waals surface area contributed by atoms with Gasteiger partial charge in [-0.3, -0.25) is 9.63 Å². The van der Waals surface area contributed by atoms with Crippen molar-refractivity contribution in [3.05, 3.63) is 0 Å². The van der Waals surface area contributed by atoms with Gasteiger partial charge in [0.25, 0.3) is 0 Å². The van der Waals surface area contributed by atoms with Crippen LogP contribution in [0.5, 0.6) is 0 Å². The number of hydrogen-bond donors (Lipinski definition) is 0. The van der Waals surface area contributed by atoms with E-state index in [9.17, 15) is 4.79 Å². The van der Waals surface area contributed by atoms with E-state index in [1.54, 1.807) is 7.05 Å². The smallest absolute Gasteiger partial charge is 0.245 e. The zero-order valence-corrected chi connectivity index (χ0v) is 6.89. The second-order valence-electron chi connectivity index (χ2n) is 2.18. The van der Waals surface area contributed by atoms with Crippen LogP contribution in [0, 0.1) is 0 Å². The number of unbranched alkanes of at least 4 members (excludes halogenated alkanes) is 1. The highest BCUT2D eigenvalue weighted by Gasteiger charge is 2.04. The monoisotopic (exact) mass is 145 g/mol. The van der Waals surface area contributed by atoms with Gasteiger partial charge in [-0.2, -0.15) is 0 Å². The molecule has 0 aliphatic carbocycles. The molecule has 1 amide bonds. The highest BCUT2D eigenvalue weighted by Crippen LogP contribution is 1.97. The van der Waals surface area contributed by atoms with Gasteiger partial charge in [-0.25, -0.2) is 5.06 Å². The molecule has 0 rings (SSSR count). The summed E-state index contributed by atoms with van der Waals surface area (Å²) >= 11 is 0. The maximum atomic E-state index is 10.9. The molecule has 0 fully saturated rings. The zero-order valence-electron chi connectivity index (χ0n) is 6.89. The third kappa shape index (κ3) is 3.45. The molecule has 0 aromatic rings. The van der Waals surface area contributed by atoms with Crippen LogP contribution in [-0.2, 0) is 9.63 Å². The van der Waals surface area contributed by atoms with Crippen LogP contribution >= 0.6 is 0 Å². The van der Waals surface area contributed by atoms with Crippen molar-refractivity contribution in [1.29, 1.82) is 0 Å². The third-order valence-corrected chi connectivity index (χ3v) is 1.37. The fourth-order valence-corrected chi connectivity index (χ4v) is 0.587. The minimum absolute atomic E-state index is 0.0457. The Hall–Kier alpha value is -0.570. The van der Waals surface area contributed by atoms with Crippen LogP contribution in [0.1, 0.15) is 26.2 Å². The van der Waals surface area contributed by atoms with Gasteiger partial charge >= 0.3 is 0 Å². The normalized spacial score (nSPS) is 9.50. The standard InChI is InChI=1S/C7H15NO2/c1-4-5-6-7(9)8(2)10-3/h4-6H2,1-3H3. The molecule has 0 aromatic heterocycles. The fourth-order valence-electron chi connectivity index (χ4n) is 0.587. The summed E-state index contributed by atoms with van der Waals surface area (Å²) in [7, 11) is 3.11. The predicted octanol–water partition coefficient (Wildman–Crippen LogP) is 1.20. The van der Waals surface area contributed by atoms with E-state index in [1.807, 2.05) is 0 Å². The Bertz CT molecular complexity index is 104. The summed E-state index contributed by atoms with van der Waals surface area (Å²) in [5, 5.41) is 1.26. The van der Waals surface area contributed by atoms with Crippen molar-refractivity contribution in [2.75, 3.05) is 14.2 Å². The number of hydroxylamine groups is 2. The second kappa shape index (κ2) is 5.23. The van der Waals surface area contributed by atoms with Gasteiger partial charge in [0.2, 0.25) is 5.91 Å². The summed E-state index contributed by atoms with van der Waals surface area (Å²) in [6.45, 7) is 2.06. The molecule has 0 N–H and O–H groups in total. The van der Waals surface area contributed by atoms with Gasteiger partial charge in [0.05, 0.1) is 7.11 Å². The summed E-state index contributed by atoms with van der Waals surface area (Å²) in [6.07, 6.45) is 2.57. The van der Waals surface area contributed by atoms with Crippen molar-refractivity contribution in [3.63, 3.8) is 0 Å². The van der Waals surface area contributed by atoms with E-state index < -0.39 is 0 Å². The largest absolute Gasteiger partial charge is 0.275 e. The molecular formula is C7H15NO2. The van der Waals surface area contributed by atoms with E-state index in [0.29, 0.717) is 6.42 Å². The Balaban J connectivity index is 3.42. The number of rotatable bonds is 4. The van der Waals surface area contributed by atoms with Crippen LogP contribution in [0.25, 0.3) is 0 Å². The van der Waals surface area contributed by atoms with Gasteiger partial charge in [0.15, 0.2) is 0 Å². The van der Waals surface area contributed by atoms with Crippen LogP contribution in [0.4, 0.5) is 0 Å². The van der Waals surface area contributed by atoms with Gasteiger partial charge in [0.1, 0.15) is 0 Å². The lowest BCUT2D eigenvalue weighted by Crippen LogP contribution is -2.24. The van der Waals surface area contributed by atoms with Gasteiger partial charge in [0, 0.05) is 13.5 Å². The van der Waals surface area contributed by atoms with Crippen LogP contribution in [0.15, 0.2) is 0 Å². The quantitative estimate of drug-likeness (QED) is 0.556. The van der Waals surface area contributed by atoms with E-state index >= 15 is 0 Å². The number of nitrogens with zero attached hydrogens (tertiary/aromatic N) is 1. The number of carbonyl (C=O) groups excluding carboxylic acids is 1. The first-order valence-electron chi connectivity index (χ1n) is 3.53. The van der Waals surface area contributed by atoms with Crippen LogP contribution in [-0.4, -0.2) is 25.1 Å². The molecule has 0 saturated heterocycles. The second-order valence-corrected chi connectivity index (χ2v) is 2.18. The maximum Gasteiger partial charge on any atom is 0.245 e. The Labute approximate surface area is 61.9 Å². The molecule has 0 saturated carbocycles. The Kier molecular flexibility index (Phi) is 4.94. The molecule has 10 heavy (non-hydrogen) atoms. The SMILES string of the molecule is CCCCC(=O)N(C)OC. The molecular weight excluding hydrogens is 130 g/mol. The van der Waals surface area contributed by atoms with Crippen LogP contribution in [0.3, 0.4) is 0 Å². The lowest BCUT2D eigenvalue weighted by molar-refractivity contribution is -0.168. The predicted molar refractivity (Wildman–Crippen MR) is 39.3 cm³/mol. The Morgan fingerprint density at radius 3 is 2.60 bits per heavy atom. The summed E-state index contributed by atoms with van der Waals surface area (Å²) in [5.41, 5.74) is 0. The van der Waals surface area contributed by atoms with E-state index in [0.717, 1.165) is 12.8 Å². The van der Waals surface area contributed by atoms with E-state index in [1.165, 1.54) is 12.2 Å².